The average Bonchev–Trinajstić information content (AvgIpc) is 2.58. The van der Waals surface area contributed by atoms with E-state index in [1.165, 1.54) is 29.2 Å². The molecular weight excluding hydrogens is 327 g/mol. The standard InChI is InChI=1S/C17H17FN4O3/c1-9(16(23)20-12-5-3-11(18)4-6-12)22-15-13(7-8-14(19)21-15)25-10(2)17(22)24/h3-10H,1-2H3,(H2,19,21)(H,20,23). The predicted molar refractivity (Wildman–Crippen MR) is 90.7 cm³/mol. The van der Waals surface area contributed by atoms with Crippen molar-refractivity contribution in [3.05, 3.63) is 42.2 Å². The van der Waals surface area contributed by atoms with Crippen LogP contribution in [-0.2, 0) is 9.59 Å². The summed E-state index contributed by atoms with van der Waals surface area (Å²) >= 11 is 0. The van der Waals surface area contributed by atoms with Gasteiger partial charge in [-0.05, 0) is 50.2 Å². The van der Waals surface area contributed by atoms with E-state index >= 15 is 0 Å². The Bertz CT molecular complexity index is 825. The summed E-state index contributed by atoms with van der Waals surface area (Å²) in [4.78, 5) is 30.5. The van der Waals surface area contributed by atoms with Crippen molar-refractivity contribution in [3.63, 3.8) is 0 Å². The van der Waals surface area contributed by atoms with E-state index in [4.69, 9.17) is 10.5 Å². The fourth-order valence-corrected chi connectivity index (χ4v) is 2.53. The minimum atomic E-state index is -0.864. The zero-order valence-electron chi connectivity index (χ0n) is 13.7. The average molecular weight is 344 g/mol. The van der Waals surface area contributed by atoms with Crippen molar-refractivity contribution < 1.29 is 18.7 Å². The second kappa shape index (κ2) is 6.39. The third-order valence-electron chi connectivity index (χ3n) is 3.86. The number of carbonyl (C=O) groups excluding carboxylic acids is 2. The highest BCUT2D eigenvalue weighted by Gasteiger charge is 2.38. The zero-order chi connectivity index (χ0) is 18.1. The van der Waals surface area contributed by atoms with Crippen LogP contribution in [0.4, 0.5) is 21.7 Å². The molecule has 2 amide bonds. The number of anilines is 3. The molecule has 2 aromatic rings. The maximum absolute atomic E-state index is 13.0. The van der Waals surface area contributed by atoms with E-state index in [1.807, 2.05) is 0 Å². The second-order valence-corrected chi connectivity index (χ2v) is 5.70. The zero-order valence-corrected chi connectivity index (χ0v) is 13.7. The van der Waals surface area contributed by atoms with Gasteiger partial charge in [-0.2, -0.15) is 0 Å². The van der Waals surface area contributed by atoms with E-state index in [1.54, 1.807) is 26.0 Å². The van der Waals surface area contributed by atoms with E-state index in [2.05, 4.69) is 10.3 Å². The number of hydrogen-bond acceptors (Lipinski definition) is 5. The van der Waals surface area contributed by atoms with Crippen LogP contribution in [0.1, 0.15) is 13.8 Å². The predicted octanol–water partition coefficient (Wildman–Crippen LogP) is 1.94. The monoisotopic (exact) mass is 344 g/mol. The van der Waals surface area contributed by atoms with Crippen LogP contribution >= 0.6 is 0 Å². The molecule has 0 spiro atoms. The molecule has 2 heterocycles. The molecule has 3 N–H and O–H groups in total. The van der Waals surface area contributed by atoms with Crippen LogP contribution in [0.25, 0.3) is 0 Å². The molecule has 2 unspecified atom stereocenters. The van der Waals surface area contributed by atoms with Crippen molar-refractivity contribution in [3.8, 4) is 5.75 Å². The van der Waals surface area contributed by atoms with Crippen molar-refractivity contribution in [2.24, 2.45) is 0 Å². The minimum absolute atomic E-state index is 0.199. The van der Waals surface area contributed by atoms with Gasteiger partial charge < -0.3 is 15.8 Å². The van der Waals surface area contributed by atoms with Crippen LogP contribution in [0.2, 0.25) is 0 Å². The normalized spacial score (nSPS) is 17.5. The number of aromatic nitrogens is 1. The Balaban J connectivity index is 1.88. The summed E-state index contributed by atoms with van der Waals surface area (Å²) in [5.74, 6) is -0.457. The lowest BCUT2D eigenvalue weighted by Crippen LogP contribution is -2.53. The van der Waals surface area contributed by atoms with Crippen LogP contribution in [0.5, 0.6) is 5.75 Å². The molecule has 8 heteroatoms. The van der Waals surface area contributed by atoms with Crippen molar-refractivity contribution in [1.82, 2.24) is 4.98 Å². The van der Waals surface area contributed by atoms with Gasteiger partial charge in [0.2, 0.25) is 5.91 Å². The Hall–Kier alpha value is -3.16. The van der Waals surface area contributed by atoms with Gasteiger partial charge >= 0.3 is 0 Å². The number of nitrogens with two attached hydrogens (primary N) is 1. The molecular formula is C17H17FN4O3. The number of amides is 2. The van der Waals surface area contributed by atoms with Crippen molar-refractivity contribution in [1.29, 1.82) is 0 Å². The molecule has 25 heavy (non-hydrogen) atoms. The van der Waals surface area contributed by atoms with Crippen LogP contribution in [0.15, 0.2) is 36.4 Å². The Kier molecular flexibility index (Phi) is 4.26. The van der Waals surface area contributed by atoms with Crippen molar-refractivity contribution in [2.75, 3.05) is 16.0 Å². The van der Waals surface area contributed by atoms with Gasteiger partial charge in [0.1, 0.15) is 17.7 Å². The number of ether oxygens (including phenoxy) is 1. The molecule has 0 fully saturated rings. The van der Waals surface area contributed by atoms with Gasteiger partial charge in [0.15, 0.2) is 17.7 Å². The van der Waals surface area contributed by atoms with E-state index < -0.39 is 29.8 Å². The quantitative estimate of drug-likeness (QED) is 0.887. The van der Waals surface area contributed by atoms with Crippen LogP contribution < -0.4 is 20.7 Å². The summed E-state index contributed by atoms with van der Waals surface area (Å²) in [5.41, 5.74) is 6.12. The number of fused-ring (bicyclic) bond motifs is 1. The van der Waals surface area contributed by atoms with E-state index in [0.717, 1.165) is 0 Å². The second-order valence-electron chi connectivity index (χ2n) is 5.70. The summed E-state index contributed by atoms with van der Waals surface area (Å²) in [6.45, 7) is 3.17. The number of halogens is 1. The highest BCUT2D eigenvalue weighted by atomic mass is 19.1. The molecule has 1 aromatic heterocycles. The summed E-state index contributed by atoms with van der Waals surface area (Å²) < 4.78 is 18.5. The van der Waals surface area contributed by atoms with Crippen LogP contribution in [0, 0.1) is 5.82 Å². The van der Waals surface area contributed by atoms with Crippen LogP contribution in [0.3, 0.4) is 0 Å². The lowest BCUT2D eigenvalue weighted by Gasteiger charge is -2.35. The molecule has 1 aliphatic rings. The summed E-state index contributed by atoms with van der Waals surface area (Å²) in [7, 11) is 0. The molecule has 0 aliphatic carbocycles. The maximum Gasteiger partial charge on any atom is 0.269 e. The fourth-order valence-electron chi connectivity index (χ4n) is 2.53. The summed E-state index contributed by atoms with van der Waals surface area (Å²) in [6.07, 6.45) is -0.751. The molecule has 7 nitrogen and oxygen atoms in total. The Morgan fingerprint density at radius 3 is 2.68 bits per heavy atom. The molecule has 130 valence electrons. The van der Waals surface area contributed by atoms with Gasteiger partial charge in [0.25, 0.3) is 5.91 Å². The van der Waals surface area contributed by atoms with Crippen molar-refractivity contribution in [2.45, 2.75) is 26.0 Å². The van der Waals surface area contributed by atoms with Gasteiger partial charge in [-0.25, -0.2) is 9.37 Å². The maximum atomic E-state index is 13.0. The first kappa shape index (κ1) is 16.7. The first-order valence-corrected chi connectivity index (χ1v) is 7.69. The highest BCUT2D eigenvalue weighted by molar-refractivity contribution is 6.07. The number of pyridine rings is 1. The first-order chi connectivity index (χ1) is 11.9. The van der Waals surface area contributed by atoms with Gasteiger partial charge in [0.05, 0.1) is 0 Å². The Morgan fingerprint density at radius 1 is 1.32 bits per heavy atom. The van der Waals surface area contributed by atoms with Crippen LogP contribution in [-0.4, -0.2) is 28.9 Å². The molecule has 1 aromatic carbocycles. The van der Waals surface area contributed by atoms with Gasteiger partial charge in [-0.3, -0.25) is 14.5 Å². The highest BCUT2D eigenvalue weighted by Crippen LogP contribution is 2.34. The number of nitrogens with zero attached hydrogens (tertiary/aromatic N) is 2. The minimum Gasteiger partial charge on any atom is -0.477 e. The largest absolute Gasteiger partial charge is 0.477 e. The lowest BCUT2D eigenvalue weighted by molar-refractivity contribution is -0.128. The first-order valence-electron chi connectivity index (χ1n) is 7.69. The smallest absolute Gasteiger partial charge is 0.269 e. The van der Waals surface area contributed by atoms with Gasteiger partial charge in [0, 0.05) is 5.69 Å². The van der Waals surface area contributed by atoms with E-state index in [-0.39, 0.29) is 11.6 Å². The van der Waals surface area contributed by atoms with Gasteiger partial charge in [-0.15, -0.1) is 0 Å². The number of hydrogen-bond donors (Lipinski definition) is 2. The van der Waals surface area contributed by atoms with E-state index in [9.17, 15) is 14.0 Å². The third-order valence-corrected chi connectivity index (χ3v) is 3.86. The van der Waals surface area contributed by atoms with Crippen molar-refractivity contribution >= 4 is 29.1 Å². The number of rotatable bonds is 3. The molecule has 0 radical (unpaired) electrons. The molecule has 2 atom stereocenters. The van der Waals surface area contributed by atoms with Gasteiger partial charge in [-0.1, -0.05) is 0 Å². The number of nitrogens with one attached hydrogen (secondary N) is 1. The molecule has 0 saturated carbocycles. The third kappa shape index (κ3) is 3.23. The summed E-state index contributed by atoms with van der Waals surface area (Å²) in [5, 5.41) is 2.65. The lowest BCUT2D eigenvalue weighted by atomic mass is 10.1. The molecule has 3 rings (SSSR count). The fraction of sp³-hybridized carbons (Fsp3) is 0.235. The molecule has 1 aliphatic heterocycles. The number of benzene rings is 1. The summed E-state index contributed by atoms with van der Waals surface area (Å²) in [6, 6.07) is 7.65. The Labute approximate surface area is 143 Å². The SMILES string of the molecule is CC1Oc2ccc(N)nc2N(C(C)C(=O)Nc2ccc(F)cc2)C1=O. The Morgan fingerprint density at radius 2 is 2.00 bits per heavy atom. The number of carbonyl (C=O) groups is 2. The molecule has 0 saturated heterocycles. The molecule has 0 bridgehead atoms. The van der Waals surface area contributed by atoms with E-state index in [0.29, 0.717) is 11.4 Å². The topological polar surface area (TPSA) is 97.6 Å². The number of nitrogen functional groups attached to an aromatic ring is 1.